The third-order valence-corrected chi connectivity index (χ3v) is 8.49. The van der Waals surface area contributed by atoms with Gasteiger partial charge in [0, 0.05) is 41.4 Å². The van der Waals surface area contributed by atoms with Gasteiger partial charge in [-0.05, 0) is 56.3 Å². The second kappa shape index (κ2) is 5.71. The number of nitrogens with one attached hydrogen (secondary N) is 1. The molecular weight excluding hydrogens is 318 g/mol. The first kappa shape index (κ1) is 17.3. The van der Waals surface area contributed by atoms with Crippen molar-refractivity contribution in [2.45, 2.75) is 51.9 Å². The summed E-state index contributed by atoms with van der Waals surface area (Å²) in [5, 5.41) is 28.5. The Hall–Kier alpha value is -1.07. The summed E-state index contributed by atoms with van der Waals surface area (Å²) in [5.74, 6) is -0.290. The molecule has 4 saturated carbocycles. The van der Waals surface area contributed by atoms with Gasteiger partial charge in [0.05, 0.1) is 6.61 Å². The highest BCUT2D eigenvalue weighted by atomic mass is 16.3. The first-order valence-corrected chi connectivity index (χ1v) is 9.74. The molecule has 3 N–H and O–H groups in total. The predicted octanol–water partition coefficient (Wildman–Crippen LogP) is 1.99. The minimum atomic E-state index is -0.493. The van der Waals surface area contributed by atoms with Gasteiger partial charge in [-0.3, -0.25) is 9.59 Å². The van der Waals surface area contributed by atoms with E-state index >= 15 is 0 Å². The molecule has 5 nitrogen and oxygen atoms in total. The summed E-state index contributed by atoms with van der Waals surface area (Å²) in [6.07, 6.45) is 4.85. The number of aliphatic hydroxyl groups excluding tert-OH is 2. The van der Waals surface area contributed by atoms with Crippen molar-refractivity contribution >= 4 is 17.3 Å². The van der Waals surface area contributed by atoms with Gasteiger partial charge < -0.3 is 15.6 Å². The lowest BCUT2D eigenvalue weighted by atomic mass is 9.42. The summed E-state index contributed by atoms with van der Waals surface area (Å²) in [6, 6.07) is 0. The molecule has 4 aliphatic carbocycles. The van der Waals surface area contributed by atoms with Gasteiger partial charge in [0.25, 0.3) is 0 Å². The van der Waals surface area contributed by atoms with Crippen molar-refractivity contribution in [3.8, 4) is 0 Å². The molecule has 0 saturated heterocycles. The largest absolute Gasteiger partial charge is 0.396 e. The van der Waals surface area contributed by atoms with Crippen LogP contribution in [0.5, 0.6) is 0 Å². The minimum Gasteiger partial charge on any atom is -0.396 e. The highest BCUT2D eigenvalue weighted by Crippen LogP contribution is 2.65. The number of hydrogen-bond acceptors (Lipinski definition) is 5. The number of carbonyl (C=O) groups excluding carboxylic acids is 2. The van der Waals surface area contributed by atoms with Crippen molar-refractivity contribution < 1.29 is 19.8 Å². The summed E-state index contributed by atoms with van der Waals surface area (Å²) in [6.45, 7) is 1.84. The van der Waals surface area contributed by atoms with Crippen LogP contribution >= 0.6 is 0 Å². The first-order chi connectivity index (χ1) is 11.9. The fraction of sp³-hybridized carbons (Fsp3) is 0.850. The van der Waals surface area contributed by atoms with Crippen molar-refractivity contribution in [3.63, 3.8) is 0 Å². The average Bonchev–Trinajstić information content (AvgIpc) is 2.90. The van der Waals surface area contributed by atoms with Crippen LogP contribution in [-0.2, 0) is 9.59 Å². The number of ketones is 2. The Morgan fingerprint density at radius 3 is 2.52 bits per heavy atom. The topological polar surface area (TPSA) is 98.4 Å². The number of aliphatic hydroxyl groups is 2. The molecule has 4 fully saturated rings. The van der Waals surface area contributed by atoms with Crippen LogP contribution in [0.1, 0.15) is 51.9 Å². The molecule has 25 heavy (non-hydrogen) atoms. The molecule has 4 rings (SSSR count). The molecule has 0 spiro atoms. The van der Waals surface area contributed by atoms with Crippen molar-refractivity contribution in [3.05, 3.63) is 0 Å². The standard InChI is InChI=1S/C20H29NO4/c1-19-6-5-14-17(13(19)2-3-16(19)24)18(25)12(9-22)15-8-11(21)4-7-20(14,15)10-23/h12-15,17,21-23H,2-10H2,1H3/t12-,13?,14?,15?,17?,19+,20+/m1/s1. The maximum atomic E-state index is 13.4. The summed E-state index contributed by atoms with van der Waals surface area (Å²) >= 11 is 0. The zero-order valence-electron chi connectivity index (χ0n) is 15.0. The van der Waals surface area contributed by atoms with E-state index in [0.717, 1.165) is 25.7 Å². The van der Waals surface area contributed by atoms with Crippen molar-refractivity contribution in [1.29, 1.82) is 5.41 Å². The number of Topliss-reactive ketones (excluding diaryl/α,β-unsaturated/α-hetero) is 2. The second-order valence-electron chi connectivity index (χ2n) is 9.15. The van der Waals surface area contributed by atoms with Crippen LogP contribution in [0.4, 0.5) is 0 Å². The minimum absolute atomic E-state index is 0.0211. The van der Waals surface area contributed by atoms with Gasteiger partial charge in [-0.15, -0.1) is 0 Å². The Morgan fingerprint density at radius 1 is 1.08 bits per heavy atom. The molecule has 0 heterocycles. The van der Waals surface area contributed by atoms with Crippen molar-refractivity contribution in [1.82, 2.24) is 0 Å². The maximum Gasteiger partial charge on any atom is 0.142 e. The van der Waals surface area contributed by atoms with E-state index in [1.54, 1.807) is 0 Å². The zero-order valence-corrected chi connectivity index (χ0v) is 15.0. The Bertz CT molecular complexity index is 631. The Morgan fingerprint density at radius 2 is 1.84 bits per heavy atom. The summed E-state index contributed by atoms with van der Waals surface area (Å²) in [4.78, 5) is 25.9. The van der Waals surface area contributed by atoms with Crippen LogP contribution in [0.15, 0.2) is 0 Å². The predicted molar refractivity (Wildman–Crippen MR) is 92.2 cm³/mol. The van der Waals surface area contributed by atoms with Gasteiger partial charge >= 0.3 is 0 Å². The number of rotatable bonds is 2. The van der Waals surface area contributed by atoms with Gasteiger partial charge in [0.1, 0.15) is 11.6 Å². The third kappa shape index (κ3) is 2.11. The monoisotopic (exact) mass is 347 g/mol. The smallest absolute Gasteiger partial charge is 0.142 e. The van der Waals surface area contributed by atoms with Gasteiger partial charge in [-0.25, -0.2) is 0 Å². The molecule has 0 bridgehead atoms. The summed E-state index contributed by atoms with van der Waals surface area (Å²) < 4.78 is 0. The van der Waals surface area contributed by atoms with E-state index < -0.39 is 11.3 Å². The third-order valence-electron chi connectivity index (χ3n) is 8.49. The Labute approximate surface area is 148 Å². The molecule has 0 radical (unpaired) electrons. The number of carbonyl (C=O) groups is 2. The Balaban J connectivity index is 1.80. The van der Waals surface area contributed by atoms with Crippen LogP contribution in [0.2, 0.25) is 0 Å². The summed E-state index contributed by atoms with van der Waals surface area (Å²) in [7, 11) is 0. The highest BCUT2D eigenvalue weighted by molar-refractivity contribution is 5.92. The lowest BCUT2D eigenvalue weighted by Crippen LogP contribution is -2.63. The zero-order chi connectivity index (χ0) is 18.0. The van der Waals surface area contributed by atoms with E-state index in [2.05, 4.69) is 0 Å². The number of hydrogen-bond donors (Lipinski definition) is 3. The molecular formula is C20H29NO4. The molecule has 4 aliphatic rings. The van der Waals surface area contributed by atoms with Crippen LogP contribution in [0.25, 0.3) is 0 Å². The first-order valence-electron chi connectivity index (χ1n) is 9.74. The molecule has 4 unspecified atom stereocenters. The lowest BCUT2D eigenvalue weighted by molar-refractivity contribution is -0.174. The quantitative estimate of drug-likeness (QED) is 0.711. The molecule has 0 amide bonds. The van der Waals surface area contributed by atoms with Gasteiger partial charge in [0.2, 0.25) is 0 Å². The summed E-state index contributed by atoms with van der Waals surface area (Å²) in [5.41, 5.74) is -0.138. The molecule has 0 aromatic carbocycles. The highest BCUT2D eigenvalue weighted by Gasteiger charge is 2.66. The van der Waals surface area contributed by atoms with E-state index in [0.29, 0.717) is 25.0 Å². The van der Waals surface area contributed by atoms with E-state index in [1.165, 1.54) is 0 Å². The molecule has 0 aliphatic heterocycles. The van der Waals surface area contributed by atoms with Crippen LogP contribution in [0, 0.1) is 45.8 Å². The average molecular weight is 347 g/mol. The van der Waals surface area contributed by atoms with Crippen molar-refractivity contribution in [2.24, 2.45) is 40.4 Å². The SMILES string of the molecule is C[C@]12CCC3C(C(=O)[C@H](CO)C4CC(=N)CC[C@]34CO)C1CCC2=O. The maximum absolute atomic E-state index is 13.4. The van der Waals surface area contributed by atoms with Gasteiger partial charge in [0.15, 0.2) is 0 Å². The van der Waals surface area contributed by atoms with Gasteiger partial charge in [-0.1, -0.05) is 6.92 Å². The van der Waals surface area contributed by atoms with E-state index in [9.17, 15) is 19.8 Å². The van der Waals surface area contributed by atoms with E-state index in [-0.39, 0.29) is 53.9 Å². The van der Waals surface area contributed by atoms with E-state index in [1.807, 2.05) is 6.92 Å². The van der Waals surface area contributed by atoms with Crippen LogP contribution < -0.4 is 0 Å². The van der Waals surface area contributed by atoms with Gasteiger partial charge in [-0.2, -0.15) is 0 Å². The second-order valence-corrected chi connectivity index (χ2v) is 9.15. The normalized spacial score (nSPS) is 49.6. The molecule has 7 atom stereocenters. The Kier molecular flexibility index (Phi) is 3.97. The van der Waals surface area contributed by atoms with Crippen LogP contribution in [0.3, 0.4) is 0 Å². The van der Waals surface area contributed by atoms with Crippen molar-refractivity contribution in [2.75, 3.05) is 13.2 Å². The fourth-order valence-electron chi connectivity index (χ4n) is 7.07. The molecule has 5 heteroatoms. The molecule has 138 valence electrons. The fourth-order valence-corrected chi connectivity index (χ4v) is 7.07. The lowest BCUT2D eigenvalue weighted by Gasteiger charge is -2.61. The molecule has 0 aromatic heterocycles. The van der Waals surface area contributed by atoms with Crippen LogP contribution in [-0.4, -0.2) is 40.7 Å². The molecule has 0 aromatic rings. The number of fused-ring (bicyclic) bond motifs is 5. The van der Waals surface area contributed by atoms with E-state index in [4.69, 9.17) is 5.41 Å².